The summed E-state index contributed by atoms with van der Waals surface area (Å²) in [6, 6.07) is 17.0. The predicted molar refractivity (Wildman–Crippen MR) is 129 cm³/mol. The smallest absolute Gasteiger partial charge is 0.306 e. The standard InChI is InChI=1S/C24H30ClNO2.2ClH/c1-2-3-6-19(24(27)28)11-14-23-15-20-7-4-5-8-21(20)17-26(23)16-18-9-12-22(25)13-10-18;;/h4-5,7-10,12-13,19,23H,2-3,6,11,14-17H2,1H3,(H,27,28);2*1H. The molecule has 30 heavy (non-hydrogen) atoms. The van der Waals surface area contributed by atoms with Gasteiger partial charge in [0.15, 0.2) is 0 Å². The van der Waals surface area contributed by atoms with Gasteiger partial charge in [0.2, 0.25) is 0 Å². The van der Waals surface area contributed by atoms with E-state index in [0.29, 0.717) is 6.04 Å². The molecule has 0 spiro atoms. The van der Waals surface area contributed by atoms with Crippen molar-refractivity contribution in [3.63, 3.8) is 0 Å². The first kappa shape index (κ1) is 26.8. The Balaban J connectivity index is 0.00000225. The van der Waals surface area contributed by atoms with Crippen molar-refractivity contribution in [3.8, 4) is 0 Å². The summed E-state index contributed by atoms with van der Waals surface area (Å²) in [6.45, 7) is 3.89. The lowest BCUT2D eigenvalue weighted by Gasteiger charge is -2.37. The van der Waals surface area contributed by atoms with E-state index in [2.05, 4.69) is 48.2 Å². The van der Waals surface area contributed by atoms with Crippen LogP contribution < -0.4 is 0 Å². The lowest BCUT2D eigenvalue weighted by molar-refractivity contribution is -0.142. The van der Waals surface area contributed by atoms with E-state index in [1.54, 1.807) is 0 Å². The monoisotopic (exact) mass is 471 g/mol. The molecule has 0 aromatic heterocycles. The molecule has 0 saturated carbocycles. The summed E-state index contributed by atoms with van der Waals surface area (Å²) >= 11 is 6.04. The largest absolute Gasteiger partial charge is 0.481 e. The molecule has 1 heterocycles. The number of carboxylic acid groups (broad SMARTS) is 1. The van der Waals surface area contributed by atoms with Crippen molar-refractivity contribution < 1.29 is 9.90 Å². The van der Waals surface area contributed by atoms with Crippen LogP contribution in [-0.4, -0.2) is 22.0 Å². The van der Waals surface area contributed by atoms with Gasteiger partial charge < -0.3 is 5.11 Å². The van der Waals surface area contributed by atoms with Crippen molar-refractivity contribution in [2.45, 2.75) is 64.6 Å². The Labute approximate surface area is 197 Å². The summed E-state index contributed by atoms with van der Waals surface area (Å²) in [5.74, 6) is -0.872. The Morgan fingerprint density at radius 2 is 1.77 bits per heavy atom. The summed E-state index contributed by atoms with van der Waals surface area (Å²) in [5, 5.41) is 10.3. The molecule has 1 aliphatic rings. The Morgan fingerprint density at radius 1 is 1.10 bits per heavy atom. The van der Waals surface area contributed by atoms with Crippen molar-refractivity contribution in [1.29, 1.82) is 0 Å². The Hall–Kier alpha value is -1.26. The van der Waals surface area contributed by atoms with Crippen molar-refractivity contribution in [2.75, 3.05) is 0 Å². The first-order valence-corrected chi connectivity index (χ1v) is 10.7. The molecule has 166 valence electrons. The summed E-state index contributed by atoms with van der Waals surface area (Å²) < 4.78 is 0. The number of halogens is 3. The number of carbonyl (C=O) groups is 1. The van der Waals surface area contributed by atoms with Crippen LogP contribution in [0.15, 0.2) is 48.5 Å². The number of rotatable bonds is 9. The highest BCUT2D eigenvalue weighted by molar-refractivity contribution is 6.30. The first-order valence-electron chi connectivity index (χ1n) is 10.3. The van der Waals surface area contributed by atoms with E-state index in [4.69, 9.17) is 11.6 Å². The first-order chi connectivity index (χ1) is 13.6. The van der Waals surface area contributed by atoms with Gasteiger partial charge in [-0.3, -0.25) is 9.69 Å². The van der Waals surface area contributed by atoms with Gasteiger partial charge in [-0.25, -0.2) is 0 Å². The lowest BCUT2D eigenvalue weighted by Crippen LogP contribution is -2.40. The fraction of sp³-hybridized carbons (Fsp3) is 0.458. The topological polar surface area (TPSA) is 40.5 Å². The molecule has 0 amide bonds. The normalized spacial score (nSPS) is 16.7. The maximum Gasteiger partial charge on any atom is 0.306 e. The second-order valence-electron chi connectivity index (χ2n) is 7.91. The van der Waals surface area contributed by atoms with E-state index >= 15 is 0 Å². The zero-order valence-electron chi connectivity index (χ0n) is 17.4. The highest BCUT2D eigenvalue weighted by Crippen LogP contribution is 2.29. The number of nitrogens with zero attached hydrogens (tertiary/aromatic N) is 1. The van der Waals surface area contributed by atoms with Gasteiger partial charge in [-0.15, -0.1) is 24.8 Å². The molecule has 0 radical (unpaired) electrons. The van der Waals surface area contributed by atoms with Crippen molar-refractivity contribution in [3.05, 3.63) is 70.2 Å². The molecule has 2 unspecified atom stereocenters. The number of hydrogen-bond donors (Lipinski definition) is 1. The minimum atomic E-state index is -0.645. The third-order valence-corrected chi connectivity index (χ3v) is 6.12. The van der Waals surface area contributed by atoms with E-state index in [9.17, 15) is 9.90 Å². The van der Waals surface area contributed by atoms with Crippen molar-refractivity contribution >= 4 is 42.4 Å². The molecule has 2 atom stereocenters. The van der Waals surface area contributed by atoms with E-state index in [0.717, 1.165) is 56.6 Å². The molecule has 3 rings (SSSR count). The predicted octanol–water partition coefficient (Wildman–Crippen LogP) is 6.78. The van der Waals surface area contributed by atoms with E-state index in [1.807, 2.05) is 12.1 Å². The lowest BCUT2D eigenvalue weighted by atomic mass is 9.88. The fourth-order valence-electron chi connectivity index (χ4n) is 4.17. The number of unbranched alkanes of at least 4 members (excludes halogenated alkanes) is 1. The van der Waals surface area contributed by atoms with Gasteiger partial charge >= 0.3 is 5.97 Å². The molecular formula is C24H32Cl3NO2. The number of fused-ring (bicyclic) bond motifs is 1. The van der Waals surface area contributed by atoms with Crippen LogP contribution in [0.25, 0.3) is 0 Å². The van der Waals surface area contributed by atoms with E-state index in [1.165, 1.54) is 16.7 Å². The van der Waals surface area contributed by atoms with Crippen LogP contribution in [0.2, 0.25) is 5.02 Å². The number of hydrogen-bond acceptors (Lipinski definition) is 2. The van der Waals surface area contributed by atoms with Gasteiger partial charge in [-0.1, -0.05) is 67.8 Å². The SMILES string of the molecule is CCCCC(CCC1Cc2ccccc2CN1Cc1ccc(Cl)cc1)C(=O)O.Cl.Cl. The highest BCUT2D eigenvalue weighted by atomic mass is 35.5. The van der Waals surface area contributed by atoms with Crippen LogP contribution in [0, 0.1) is 5.92 Å². The molecule has 0 aliphatic carbocycles. The van der Waals surface area contributed by atoms with Crippen molar-refractivity contribution in [1.82, 2.24) is 4.90 Å². The minimum Gasteiger partial charge on any atom is -0.481 e. The number of aliphatic carboxylic acids is 1. The van der Waals surface area contributed by atoms with Crippen molar-refractivity contribution in [2.24, 2.45) is 5.92 Å². The van der Waals surface area contributed by atoms with Gasteiger partial charge in [0.1, 0.15) is 0 Å². The maximum atomic E-state index is 11.7. The summed E-state index contributed by atoms with van der Waals surface area (Å²) in [5.41, 5.74) is 4.03. The molecule has 0 fully saturated rings. The molecule has 2 aromatic carbocycles. The maximum absolute atomic E-state index is 11.7. The van der Waals surface area contributed by atoms with Crippen LogP contribution in [0.1, 0.15) is 55.7 Å². The summed E-state index contributed by atoms with van der Waals surface area (Å²) in [4.78, 5) is 14.2. The van der Waals surface area contributed by atoms with Crippen LogP contribution in [0.5, 0.6) is 0 Å². The Morgan fingerprint density at radius 3 is 2.40 bits per heavy atom. The molecular weight excluding hydrogens is 441 g/mol. The third kappa shape index (κ3) is 7.46. The summed E-state index contributed by atoms with van der Waals surface area (Å²) in [6.07, 6.45) is 5.47. The molecule has 0 bridgehead atoms. The molecule has 6 heteroatoms. The number of benzene rings is 2. The molecule has 0 saturated heterocycles. The molecule has 1 N–H and O–H groups in total. The van der Waals surface area contributed by atoms with Gasteiger partial charge in [0.05, 0.1) is 5.92 Å². The third-order valence-electron chi connectivity index (χ3n) is 5.87. The molecule has 3 nitrogen and oxygen atoms in total. The molecule has 1 aliphatic heterocycles. The second kappa shape index (κ2) is 13.2. The molecule has 2 aromatic rings. The van der Waals surface area contributed by atoms with Crippen LogP contribution in [0.3, 0.4) is 0 Å². The van der Waals surface area contributed by atoms with Crippen LogP contribution >= 0.6 is 36.4 Å². The van der Waals surface area contributed by atoms with E-state index < -0.39 is 5.97 Å². The second-order valence-corrected chi connectivity index (χ2v) is 8.35. The van der Waals surface area contributed by atoms with E-state index in [-0.39, 0.29) is 30.7 Å². The fourth-order valence-corrected chi connectivity index (χ4v) is 4.30. The Bertz CT molecular complexity index is 782. The summed E-state index contributed by atoms with van der Waals surface area (Å²) in [7, 11) is 0. The average Bonchev–Trinajstić information content (AvgIpc) is 2.69. The van der Waals surface area contributed by atoms with Gasteiger partial charge in [0.25, 0.3) is 0 Å². The van der Waals surface area contributed by atoms with Crippen LogP contribution in [-0.2, 0) is 24.3 Å². The zero-order valence-corrected chi connectivity index (χ0v) is 19.8. The highest BCUT2D eigenvalue weighted by Gasteiger charge is 2.28. The van der Waals surface area contributed by atoms with Crippen LogP contribution in [0.4, 0.5) is 0 Å². The number of carboxylic acids is 1. The average molecular weight is 473 g/mol. The quantitative estimate of drug-likeness (QED) is 0.437. The zero-order chi connectivity index (χ0) is 19.9. The Kier molecular flexibility index (Phi) is 11.8. The van der Waals surface area contributed by atoms with Gasteiger partial charge in [-0.05, 0) is 54.5 Å². The van der Waals surface area contributed by atoms with Gasteiger partial charge in [-0.2, -0.15) is 0 Å². The van der Waals surface area contributed by atoms with Gasteiger partial charge in [0, 0.05) is 24.2 Å². The minimum absolute atomic E-state index is 0.